The van der Waals surface area contributed by atoms with E-state index < -0.39 is 0 Å². The average molecular weight is 522 g/mol. The van der Waals surface area contributed by atoms with Crippen molar-refractivity contribution in [3.63, 3.8) is 0 Å². The molecule has 1 unspecified atom stereocenters. The fourth-order valence-corrected chi connectivity index (χ4v) is 5.46. The van der Waals surface area contributed by atoms with Crippen molar-refractivity contribution in [3.8, 4) is 11.6 Å². The number of carbonyl (C=O) groups excluding carboxylic acids is 1. The Morgan fingerprint density at radius 2 is 1.97 bits per heavy atom. The first-order valence-corrected chi connectivity index (χ1v) is 13.1. The van der Waals surface area contributed by atoms with Gasteiger partial charge >= 0.3 is 0 Å². The second-order valence-electron chi connectivity index (χ2n) is 9.87. The molecule has 9 heteroatoms. The highest BCUT2D eigenvalue weighted by atomic mass is 32.2. The van der Waals surface area contributed by atoms with Gasteiger partial charge in [-0.2, -0.15) is 4.98 Å². The summed E-state index contributed by atoms with van der Waals surface area (Å²) < 4.78 is 13.7. The van der Waals surface area contributed by atoms with E-state index >= 15 is 0 Å². The third-order valence-electron chi connectivity index (χ3n) is 6.23. The predicted octanol–water partition coefficient (Wildman–Crippen LogP) is 5.16. The first kappa shape index (κ1) is 24.7. The summed E-state index contributed by atoms with van der Waals surface area (Å²) in [5.74, 6) is 0.452. The van der Waals surface area contributed by atoms with E-state index in [4.69, 9.17) is 21.7 Å². The van der Waals surface area contributed by atoms with Gasteiger partial charge in [0, 0.05) is 12.8 Å². The molecule has 2 fully saturated rings. The number of thiocarbonyl (C=S) groups is 1. The van der Waals surface area contributed by atoms with Crippen molar-refractivity contribution < 1.29 is 14.3 Å². The van der Waals surface area contributed by atoms with Gasteiger partial charge in [-0.05, 0) is 54.2 Å². The molecular weight excluding hydrogens is 494 g/mol. The van der Waals surface area contributed by atoms with Crippen LogP contribution in [0.4, 0.5) is 0 Å². The summed E-state index contributed by atoms with van der Waals surface area (Å²) in [6.45, 7) is 7.54. The van der Waals surface area contributed by atoms with Gasteiger partial charge in [0.15, 0.2) is 0 Å². The Morgan fingerprint density at radius 1 is 1.19 bits per heavy atom. The van der Waals surface area contributed by atoms with Crippen molar-refractivity contribution in [2.45, 2.75) is 45.1 Å². The molecule has 36 heavy (non-hydrogen) atoms. The molecule has 1 atom stereocenters. The molecule has 0 saturated carbocycles. The molecule has 0 N–H and O–H groups in total. The van der Waals surface area contributed by atoms with Crippen molar-refractivity contribution in [1.82, 2.24) is 14.3 Å². The van der Waals surface area contributed by atoms with Gasteiger partial charge in [-0.1, -0.05) is 63.0 Å². The number of ether oxygens (including phenoxy) is 2. The number of thioether (sulfide) groups is 1. The van der Waals surface area contributed by atoms with Crippen LogP contribution in [-0.4, -0.2) is 43.8 Å². The Balaban J connectivity index is 1.52. The molecule has 2 aromatic heterocycles. The van der Waals surface area contributed by atoms with Crippen LogP contribution in [0, 0.1) is 0 Å². The first-order valence-electron chi connectivity index (χ1n) is 11.9. The topological polar surface area (TPSA) is 73.1 Å². The highest BCUT2D eigenvalue weighted by Crippen LogP contribution is 2.35. The Kier molecular flexibility index (Phi) is 6.72. The average Bonchev–Trinajstić information content (AvgIpc) is 3.45. The molecular formula is C27H27N3O4S2. The van der Waals surface area contributed by atoms with Gasteiger partial charge in [0.1, 0.15) is 21.3 Å². The lowest BCUT2D eigenvalue weighted by Gasteiger charge is -2.19. The predicted molar refractivity (Wildman–Crippen MR) is 146 cm³/mol. The molecule has 3 aromatic rings. The van der Waals surface area contributed by atoms with Gasteiger partial charge in [-0.15, -0.1) is 0 Å². The monoisotopic (exact) mass is 521 g/mol. The summed E-state index contributed by atoms with van der Waals surface area (Å²) in [6, 6.07) is 13.0. The number of carbonyl (C=O) groups is 1. The Morgan fingerprint density at radius 3 is 2.67 bits per heavy atom. The maximum absolute atomic E-state index is 13.5. The minimum absolute atomic E-state index is 0.00201. The number of fused-ring (bicyclic) bond motifs is 1. The van der Waals surface area contributed by atoms with E-state index in [0.717, 1.165) is 18.4 Å². The summed E-state index contributed by atoms with van der Waals surface area (Å²) in [6.07, 6.45) is 5.05. The van der Waals surface area contributed by atoms with Crippen molar-refractivity contribution >= 4 is 45.9 Å². The molecule has 2 aliphatic heterocycles. The highest BCUT2D eigenvalue weighted by molar-refractivity contribution is 8.26. The van der Waals surface area contributed by atoms with Crippen molar-refractivity contribution in [3.05, 3.63) is 75.0 Å². The van der Waals surface area contributed by atoms with E-state index in [1.54, 1.807) is 35.4 Å². The lowest BCUT2D eigenvalue weighted by molar-refractivity contribution is -0.123. The fraction of sp³-hybridized carbons (Fsp3) is 0.333. The van der Waals surface area contributed by atoms with Crippen LogP contribution in [0.2, 0.25) is 0 Å². The van der Waals surface area contributed by atoms with Crippen LogP contribution >= 0.6 is 24.0 Å². The van der Waals surface area contributed by atoms with Crippen LogP contribution < -0.4 is 10.3 Å². The SMILES string of the molecule is CC(C)(C)c1ccc(Oc2nc3ccccn3c(=O)c2C=C2SC(=S)N(CC3CCCO3)C2=O)cc1. The second kappa shape index (κ2) is 9.80. The van der Waals surface area contributed by atoms with Crippen molar-refractivity contribution in [2.75, 3.05) is 13.2 Å². The number of hydrogen-bond acceptors (Lipinski definition) is 7. The van der Waals surface area contributed by atoms with E-state index in [0.29, 0.717) is 33.8 Å². The molecule has 0 bridgehead atoms. The van der Waals surface area contributed by atoms with Gasteiger partial charge in [0.2, 0.25) is 5.88 Å². The van der Waals surface area contributed by atoms with Crippen molar-refractivity contribution in [2.24, 2.45) is 0 Å². The van der Waals surface area contributed by atoms with Crippen molar-refractivity contribution in [1.29, 1.82) is 0 Å². The zero-order chi connectivity index (χ0) is 25.4. The molecule has 186 valence electrons. The molecule has 4 heterocycles. The maximum atomic E-state index is 13.5. The zero-order valence-corrected chi connectivity index (χ0v) is 22.0. The third kappa shape index (κ3) is 4.96. The molecule has 1 aromatic carbocycles. The Labute approximate surface area is 219 Å². The molecule has 0 spiro atoms. The van der Waals surface area contributed by atoms with Gasteiger partial charge in [-0.3, -0.25) is 18.9 Å². The standard InChI is InChI=1S/C27H27N3O4S2/c1-27(2,3)17-9-11-18(12-10-17)34-23-20(24(31)29-13-5-4-8-22(29)28-23)15-21-25(32)30(26(35)36-21)16-19-7-6-14-33-19/h4-5,8-13,15,19H,6-7,14,16H2,1-3H3. The molecule has 2 aliphatic rings. The zero-order valence-electron chi connectivity index (χ0n) is 20.4. The van der Waals surface area contributed by atoms with Gasteiger partial charge in [-0.25, -0.2) is 0 Å². The van der Waals surface area contributed by atoms with Gasteiger partial charge in [0.25, 0.3) is 11.5 Å². The van der Waals surface area contributed by atoms with Gasteiger partial charge < -0.3 is 9.47 Å². The van der Waals surface area contributed by atoms with Gasteiger partial charge in [0.05, 0.1) is 17.6 Å². The van der Waals surface area contributed by atoms with E-state index in [2.05, 4.69) is 25.8 Å². The number of nitrogens with zero attached hydrogens (tertiary/aromatic N) is 3. The van der Waals surface area contributed by atoms with Crippen LogP contribution in [0.5, 0.6) is 11.6 Å². The Hall–Kier alpha value is -3.01. The summed E-state index contributed by atoms with van der Waals surface area (Å²) in [5.41, 5.74) is 1.48. The second-order valence-corrected chi connectivity index (χ2v) is 11.5. The first-order chi connectivity index (χ1) is 17.2. The third-order valence-corrected chi connectivity index (χ3v) is 7.61. The number of pyridine rings is 1. The molecule has 0 aliphatic carbocycles. The summed E-state index contributed by atoms with van der Waals surface area (Å²) in [5, 5.41) is 0. The molecule has 1 amide bonds. The highest BCUT2D eigenvalue weighted by Gasteiger charge is 2.35. The van der Waals surface area contributed by atoms with Crippen LogP contribution in [-0.2, 0) is 14.9 Å². The largest absolute Gasteiger partial charge is 0.438 e. The minimum Gasteiger partial charge on any atom is -0.438 e. The molecule has 7 nitrogen and oxygen atoms in total. The van der Waals surface area contributed by atoms with E-state index in [1.165, 1.54) is 16.2 Å². The number of rotatable bonds is 5. The maximum Gasteiger partial charge on any atom is 0.269 e. The smallest absolute Gasteiger partial charge is 0.269 e. The minimum atomic E-state index is -0.327. The molecule has 2 saturated heterocycles. The lowest BCUT2D eigenvalue weighted by Crippen LogP contribution is -2.35. The molecule has 5 rings (SSSR count). The summed E-state index contributed by atoms with van der Waals surface area (Å²) in [7, 11) is 0. The van der Waals surface area contributed by atoms with Crippen LogP contribution in [0.1, 0.15) is 44.7 Å². The van der Waals surface area contributed by atoms with E-state index in [9.17, 15) is 9.59 Å². The quantitative estimate of drug-likeness (QED) is 0.339. The number of aromatic nitrogens is 2. The number of benzene rings is 1. The fourth-order valence-electron chi connectivity index (χ4n) is 4.20. The van der Waals surface area contributed by atoms with Crippen LogP contribution in [0.15, 0.2) is 58.4 Å². The summed E-state index contributed by atoms with van der Waals surface area (Å²) >= 11 is 6.65. The summed E-state index contributed by atoms with van der Waals surface area (Å²) in [4.78, 5) is 33.2. The lowest BCUT2D eigenvalue weighted by atomic mass is 9.87. The van der Waals surface area contributed by atoms with E-state index in [1.807, 2.05) is 24.3 Å². The van der Waals surface area contributed by atoms with Crippen LogP contribution in [0.25, 0.3) is 11.7 Å². The number of amides is 1. The Bertz CT molecular complexity index is 1420. The number of hydrogen-bond donors (Lipinski definition) is 0. The normalized spacial score (nSPS) is 19.6. The molecule has 0 radical (unpaired) electrons. The van der Waals surface area contributed by atoms with E-state index in [-0.39, 0.29) is 34.4 Å². The van der Waals surface area contributed by atoms with Crippen LogP contribution in [0.3, 0.4) is 0 Å².